The lowest BCUT2D eigenvalue weighted by Gasteiger charge is -2.29. The maximum absolute atomic E-state index is 10.6. The van der Waals surface area contributed by atoms with Gasteiger partial charge in [0.15, 0.2) is 0 Å². The number of aromatic nitrogens is 2. The van der Waals surface area contributed by atoms with Crippen LogP contribution in [0.4, 0.5) is 18.9 Å². The second-order valence-corrected chi connectivity index (χ2v) is 8.38. The van der Waals surface area contributed by atoms with Crippen LogP contribution in [0.1, 0.15) is 23.9 Å². The van der Waals surface area contributed by atoms with Gasteiger partial charge in [-0.1, -0.05) is 47.1 Å². The van der Waals surface area contributed by atoms with Crippen molar-refractivity contribution in [2.45, 2.75) is 32.6 Å². The number of imidazole rings is 1. The average Bonchev–Trinajstić information content (AvgIpc) is 3.26. The number of nitrogens with one attached hydrogen (secondary N) is 2. The summed E-state index contributed by atoms with van der Waals surface area (Å²) in [5.74, 6) is -1.81. The Bertz CT molecular complexity index is 1080. The van der Waals surface area contributed by atoms with Crippen molar-refractivity contribution in [3.63, 3.8) is 0 Å². The maximum atomic E-state index is 10.6. The van der Waals surface area contributed by atoms with Crippen molar-refractivity contribution in [2.24, 2.45) is 0 Å². The number of hydrogen-bond acceptors (Lipinski definition) is 4. The molecule has 0 aliphatic carbocycles. The molecule has 2 aromatic carbocycles. The standard InChI is InChI=1S/C21H23BrN4.C2HF3O2/c1-2-26-11-10-18-16(14-26)4-3-5-19(18)23-13-21-24-12-20(25-21)15-6-8-17(22)9-7-15;3-2(4,5)1(6)7/h3-9,12,23H,2,10-11,13-14H2,1H3,(H,24,25);(H,6,7). The van der Waals surface area contributed by atoms with Crippen LogP contribution in [0.5, 0.6) is 0 Å². The number of fused-ring (bicyclic) bond motifs is 1. The fraction of sp³-hybridized carbons (Fsp3) is 0.304. The largest absolute Gasteiger partial charge is 0.490 e. The second-order valence-electron chi connectivity index (χ2n) is 7.47. The van der Waals surface area contributed by atoms with Crippen LogP contribution in [0.3, 0.4) is 0 Å². The van der Waals surface area contributed by atoms with Crippen molar-refractivity contribution in [1.29, 1.82) is 0 Å². The van der Waals surface area contributed by atoms with Gasteiger partial charge in [0, 0.05) is 23.2 Å². The third kappa shape index (κ3) is 6.82. The Morgan fingerprint density at radius 2 is 1.94 bits per heavy atom. The summed E-state index contributed by atoms with van der Waals surface area (Å²) in [6.07, 6.45) is -2.07. The van der Waals surface area contributed by atoms with Crippen molar-refractivity contribution >= 4 is 27.6 Å². The third-order valence-corrected chi connectivity index (χ3v) is 5.79. The SMILES string of the molecule is CCN1CCc2c(cccc2NCc2ncc(-c3ccc(Br)cc3)[nH]2)C1.O=C(O)C(F)(F)F. The van der Waals surface area contributed by atoms with Crippen molar-refractivity contribution in [3.05, 3.63) is 70.1 Å². The molecule has 0 saturated carbocycles. The predicted octanol–water partition coefficient (Wildman–Crippen LogP) is 5.46. The summed E-state index contributed by atoms with van der Waals surface area (Å²) in [4.78, 5) is 19.3. The zero-order valence-corrected chi connectivity index (χ0v) is 19.5. The smallest absolute Gasteiger partial charge is 0.475 e. The van der Waals surface area contributed by atoms with Gasteiger partial charge in [-0.05, 0) is 47.9 Å². The van der Waals surface area contributed by atoms with E-state index in [1.54, 1.807) is 0 Å². The van der Waals surface area contributed by atoms with E-state index in [9.17, 15) is 13.2 Å². The Morgan fingerprint density at radius 3 is 2.58 bits per heavy atom. The second kappa shape index (κ2) is 10.8. The molecule has 3 N–H and O–H groups in total. The van der Waals surface area contributed by atoms with Crippen LogP contribution < -0.4 is 5.32 Å². The molecule has 0 spiro atoms. The van der Waals surface area contributed by atoms with Crippen LogP contribution in [-0.4, -0.2) is 45.2 Å². The number of likely N-dealkylation sites (N-methyl/N-ethyl adjacent to an activating group) is 1. The van der Waals surface area contributed by atoms with Gasteiger partial charge in [-0.15, -0.1) is 0 Å². The molecule has 6 nitrogen and oxygen atoms in total. The maximum Gasteiger partial charge on any atom is 0.490 e. The molecule has 0 saturated heterocycles. The summed E-state index contributed by atoms with van der Waals surface area (Å²) in [6, 6.07) is 14.8. The molecule has 3 aromatic rings. The van der Waals surface area contributed by atoms with Crippen LogP contribution in [0.25, 0.3) is 11.3 Å². The average molecular weight is 525 g/mol. The predicted molar refractivity (Wildman–Crippen MR) is 124 cm³/mol. The number of hydrogen-bond donors (Lipinski definition) is 3. The van der Waals surface area contributed by atoms with E-state index in [1.165, 1.54) is 16.8 Å². The third-order valence-electron chi connectivity index (χ3n) is 5.26. The Kier molecular flexibility index (Phi) is 8.15. The molecule has 10 heteroatoms. The number of carboxylic acids is 1. The summed E-state index contributed by atoms with van der Waals surface area (Å²) in [7, 11) is 0. The van der Waals surface area contributed by atoms with Gasteiger partial charge < -0.3 is 15.4 Å². The Hall–Kier alpha value is -2.85. The molecular weight excluding hydrogens is 501 g/mol. The van der Waals surface area contributed by atoms with Gasteiger partial charge in [0.2, 0.25) is 0 Å². The Morgan fingerprint density at radius 1 is 1.24 bits per heavy atom. The summed E-state index contributed by atoms with van der Waals surface area (Å²) in [5, 5.41) is 10.7. The molecule has 1 aromatic heterocycles. The van der Waals surface area contributed by atoms with Gasteiger partial charge >= 0.3 is 12.1 Å². The molecule has 33 heavy (non-hydrogen) atoms. The number of H-pyrrole nitrogens is 1. The molecule has 1 aliphatic heterocycles. The lowest BCUT2D eigenvalue weighted by molar-refractivity contribution is -0.192. The number of rotatable bonds is 5. The van der Waals surface area contributed by atoms with Gasteiger partial charge in [-0.3, -0.25) is 4.90 Å². The number of anilines is 1. The summed E-state index contributed by atoms with van der Waals surface area (Å²) in [5.41, 5.74) is 6.32. The van der Waals surface area contributed by atoms with E-state index >= 15 is 0 Å². The number of aromatic amines is 1. The van der Waals surface area contributed by atoms with Crippen molar-refractivity contribution in [3.8, 4) is 11.3 Å². The number of nitrogens with zero attached hydrogens (tertiary/aromatic N) is 2. The highest BCUT2D eigenvalue weighted by molar-refractivity contribution is 9.10. The molecule has 2 heterocycles. The minimum atomic E-state index is -5.08. The van der Waals surface area contributed by atoms with E-state index in [-0.39, 0.29) is 0 Å². The van der Waals surface area contributed by atoms with Gasteiger partial charge in [0.25, 0.3) is 0 Å². The van der Waals surface area contributed by atoms with Crippen molar-refractivity contribution in [2.75, 3.05) is 18.4 Å². The molecule has 0 fully saturated rings. The van der Waals surface area contributed by atoms with E-state index in [0.717, 1.165) is 47.6 Å². The summed E-state index contributed by atoms with van der Waals surface area (Å²) < 4.78 is 32.8. The highest BCUT2D eigenvalue weighted by Crippen LogP contribution is 2.27. The van der Waals surface area contributed by atoms with Crippen molar-refractivity contribution in [1.82, 2.24) is 14.9 Å². The quantitative estimate of drug-likeness (QED) is 0.412. The van der Waals surface area contributed by atoms with E-state index in [0.29, 0.717) is 6.54 Å². The van der Waals surface area contributed by atoms with Crippen molar-refractivity contribution < 1.29 is 23.1 Å². The molecule has 176 valence electrons. The topological polar surface area (TPSA) is 81.2 Å². The zero-order valence-electron chi connectivity index (χ0n) is 17.9. The van der Waals surface area contributed by atoms with Gasteiger partial charge in [-0.2, -0.15) is 13.2 Å². The van der Waals surface area contributed by atoms with Crippen LogP contribution in [0.2, 0.25) is 0 Å². The lowest BCUT2D eigenvalue weighted by atomic mass is 9.98. The normalized spacial score (nSPS) is 13.6. The molecule has 0 bridgehead atoms. The fourth-order valence-corrected chi connectivity index (χ4v) is 3.78. The number of aliphatic carboxylic acids is 1. The van der Waals surface area contributed by atoms with Crippen LogP contribution in [0, 0.1) is 0 Å². The highest BCUT2D eigenvalue weighted by Gasteiger charge is 2.38. The van der Waals surface area contributed by atoms with Crippen LogP contribution in [0.15, 0.2) is 53.1 Å². The molecule has 1 aliphatic rings. The summed E-state index contributed by atoms with van der Waals surface area (Å²) in [6.45, 7) is 6.23. The molecule has 0 amide bonds. The molecule has 4 rings (SSSR count). The number of alkyl halides is 3. The molecular formula is C23H24BrF3N4O2. The molecule has 0 radical (unpaired) electrons. The van der Waals surface area contributed by atoms with E-state index < -0.39 is 12.1 Å². The minimum absolute atomic E-state index is 0.699. The zero-order chi connectivity index (χ0) is 24.0. The first-order valence-electron chi connectivity index (χ1n) is 10.3. The molecule has 0 atom stereocenters. The first-order valence-corrected chi connectivity index (χ1v) is 11.1. The van der Waals surface area contributed by atoms with E-state index in [4.69, 9.17) is 9.90 Å². The monoisotopic (exact) mass is 524 g/mol. The minimum Gasteiger partial charge on any atom is -0.475 e. The Balaban J connectivity index is 0.000000383. The number of halogens is 4. The lowest BCUT2D eigenvalue weighted by Crippen LogP contribution is -2.30. The van der Waals surface area contributed by atoms with Crippen LogP contribution >= 0.6 is 15.9 Å². The van der Waals surface area contributed by atoms with E-state index in [2.05, 4.69) is 73.4 Å². The van der Waals surface area contributed by atoms with Crippen LogP contribution in [-0.2, 0) is 24.3 Å². The van der Waals surface area contributed by atoms with Gasteiger partial charge in [-0.25, -0.2) is 9.78 Å². The Labute approximate surface area is 198 Å². The first-order chi connectivity index (χ1) is 15.7. The number of carbonyl (C=O) groups is 1. The van der Waals surface area contributed by atoms with Gasteiger partial charge in [0.1, 0.15) is 5.82 Å². The highest BCUT2D eigenvalue weighted by atomic mass is 79.9. The molecule has 0 unspecified atom stereocenters. The fourth-order valence-electron chi connectivity index (χ4n) is 3.51. The number of carboxylic acid groups (broad SMARTS) is 1. The summed E-state index contributed by atoms with van der Waals surface area (Å²) >= 11 is 3.47. The number of benzene rings is 2. The van der Waals surface area contributed by atoms with Gasteiger partial charge in [0.05, 0.1) is 18.4 Å². The first kappa shape index (κ1) is 24.8. The van der Waals surface area contributed by atoms with E-state index in [1.807, 2.05) is 18.3 Å².